The van der Waals surface area contributed by atoms with Crippen molar-refractivity contribution >= 4 is 71.6 Å². The fourth-order valence-electron chi connectivity index (χ4n) is 7.23. The molecular formula is C45H28N2O2. The maximum atomic E-state index is 6.79. The van der Waals surface area contributed by atoms with Gasteiger partial charge in [-0.1, -0.05) is 121 Å². The van der Waals surface area contributed by atoms with Crippen LogP contribution in [0.3, 0.4) is 0 Å². The molecule has 8 aromatic carbocycles. The molecule has 10 aromatic rings. The summed E-state index contributed by atoms with van der Waals surface area (Å²) in [5.41, 5.74) is 9.56. The van der Waals surface area contributed by atoms with Gasteiger partial charge >= 0.3 is 0 Å². The van der Waals surface area contributed by atoms with E-state index in [1.807, 2.05) is 18.2 Å². The van der Waals surface area contributed by atoms with Crippen LogP contribution in [0.5, 0.6) is 0 Å². The van der Waals surface area contributed by atoms with Crippen molar-refractivity contribution in [3.05, 3.63) is 170 Å². The van der Waals surface area contributed by atoms with Crippen molar-refractivity contribution in [3.8, 4) is 22.6 Å². The Hall–Kier alpha value is -6.65. The van der Waals surface area contributed by atoms with Crippen LogP contribution in [0.4, 0.5) is 17.1 Å². The summed E-state index contributed by atoms with van der Waals surface area (Å²) >= 11 is 0. The molecule has 0 unspecified atom stereocenters. The summed E-state index contributed by atoms with van der Waals surface area (Å²) in [6, 6.07) is 59.0. The molecule has 230 valence electrons. The lowest BCUT2D eigenvalue weighted by Crippen LogP contribution is -2.11. The highest BCUT2D eigenvalue weighted by atomic mass is 16.3. The molecule has 4 nitrogen and oxygen atoms in total. The lowest BCUT2D eigenvalue weighted by atomic mass is 10.0. The number of oxazole rings is 1. The molecule has 0 atom stereocenters. The van der Waals surface area contributed by atoms with Crippen LogP contribution in [0.15, 0.2) is 179 Å². The molecule has 2 heterocycles. The highest BCUT2D eigenvalue weighted by Gasteiger charge is 2.23. The van der Waals surface area contributed by atoms with Gasteiger partial charge in [0, 0.05) is 32.9 Å². The average molecular weight is 629 g/mol. The van der Waals surface area contributed by atoms with Gasteiger partial charge in [-0.25, -0.2) is 4.98 Å². The molecule has 0 aliphatic carbocycles. The van der Waals surface area contributed by atoms with E-state index in [1.165, 1.54) is 5.39 Å². The smallest absolute Gasteiger partial charge is 0.229 e. The monoisotopic (exact) mass is 628 g/mol. The molecule has 49 heavy (non-hydrogen) atoms. The van der Waals surface area contributed by atoms with Crippen molar-refractivity contribution in [2.24, 2.45) is 0 Å². The number of hydrogen-bond acceptors (Lipinski definition) is 4. The van der Waals surface area contributed by atoms with Gasteiger partial charge in [0.15, 0.2) is 5.58 Å². The molecule has 0 bridgehead atoms. The number of para-hydroxylation sites is 2. The third kappa shape index (κ3) is 4.42. The standard InChI is InChI=1S/C45H28N2O2/c1-2-13-29(14-3-1)30-15-12-16-31(27-30)47(32-25-26-42-39(28-32)35-19-9-11-24-41(35)48-42)40-23-10-8-22-38(40)45-46-43-36-20-6-4-17-33(36)34-18-5-7-21-37(34)44(43)49-45/h1-28H. The molecule has 0 amide bonds. The Morgan fingerprint density at radius 2 is 1.04 bits per heavy atom. The molecule has 0 aliphatic heterocycles. The van der Waals surface area contributed by atoms with Crippen LogP contribution in [-0.2, 0) is 0 Å². The fraction of sp³-hybridized carbons (Fsp3) is 0. The van der Waals surface area contributed by atoms with Crippen molar-refractivity contribution in [1.29, 1.82) is 0 Å². The van der Waals surface area contributed by atoms with Crippen LogP contribution in [0.25, 0.3) is 77.2 Å². The summed E-state index contributed by atoms with van der Waals surface area (Å²) in [6.07, 6.45) is 0. The van der Waals surface area contributed by atoms with Crippen molar-refractivity contribution in [2.45, 2.75) is 0 Å². The van der Waals surface area contributed by atoms with Crippen LogP contribution < -0.4 is 4.90 Å². The topological polar surface area (TPSA) is 42.4 Å². The Kier molecular flexibility index (Phi) is 6.15. The quantitative estimate of drug-likeness (QED) is 0.178. The highest BCUT2D eigenvalue weighted by molar-refractivity contribution is 6.23. The van der Waals surface area contributed by atoms with Gasteiger partial charge in [-0.05, 0) is 70.4 Å². The largest absolute Gasteiger partial charge is 0.456 e. The maximum Gasteiger partial charge on any atom is 0.229 e. The Morgan fingerprint density at radius 1 is 0.408 bits per heavy atom. The predicted molar refractivity (Wildman–Crippen MR) is 202 cm³/mol. The number of anilines is 3. The number of rotatable bonds is 5. The predicted octanol–water partition coefficient (Wildman–Crippen LogP) is 12.8. The van der Waals surface area contributed by atoms with Gasteiger partial charge in [0.1, 0.15) is 16.7 Å². The van der Waals surface area contributed by atoms with Crippen molar-refractivity contribution in [3.63, 3.8) is 0 Å². The molecule has 0 radical (unpaired) electrons. The number of aromatic nitrogens is 1. The molecule has 0 aliphatic rings. The number of fused-ring (bicyclic) bond motifs is 9. The Balaban J connectivity index is 1.23. The molecule has 0 saturated heterocycles. The summed E-state index contributed by atoms with van der Waals surface area (Å²) in [4.78, 5) is 7.53. The average Bonchev–Trinajstić information content (AvgIpc) is 3.79. The minimum absolute atomic E-state index is 0.575. The van der Waals surface area contributed by atoms with Crippen LogP contribution in [0.1, 0.15) is 0 Å². The van der Waals surface area contributed by atoms with E-state index in [0.29, 0.717) is 5.89 Å². The molecule has 2 aromatic heterocycles. The Bertz CT molecular complexity index is 2770. The van der Waals surface area contributed by atoms with Gasteiger partial charge in [-0.2, -0.15) is 0 Å². The zero-order chi connectivity index (χ0) is 32.3. The van der Waals surface area contributed by atoms with E-state index in [9.17, 15) is 0 Å². The molecule has 0 fully saturated rings. The Labute approximate surface area is 282 Å². The number of furan rings is 1. The third-order valence-electron chi connectivity index (χ3n) is 9.48. The summed E-state index contributed by atoms with van der Waals surface area (Å²) < 4.78 is 13.0. The van der Waals surface area contributed by atoms with Gasteiger partial charge in [-0.15, -0.1) is 0 Å². The van der Waals surface area contributed by atoms with Crippen LogP contribution in [0, 0.1) is 0 Å². The maximum absolute atomic E-state index is 6.79. The van der Waals surface area contributed by atoms with E-state index in [-0.39, 0.29) is 0 Å². The SMILES string of the molecule is c1ccc(-c2cccc(N(c3ccc4oc5ccccc5c4c3)c3ccccc3-c3nc4c5ccccc5c5ccccc5c4o3)c2)cc1. The van der Waals surface area contributed by atoms with E-state index >= 15 is 0 Å². The van der Waals surface area contributed by atoms with E-state index < -0.39 is 0 Å². The molecule has 4 heteroatoms. The van der Waals surface area contributed by atoms with Gasteiger partial charge in [0.25, 0.3) is 0 Å². The summed E-state index contributed by atoms with van der Waals surface area (Å²) in [7, 11) is 0. The van der Waals surface area contributed by atoms with Gasteiger partial charge in [-0.3, -0.25) is 0 Å². The molecule has 0 saturated carbocycles. The second kappa shape index (κ2) is 11.0. The van der Waals surface area contributed by atoms with Crippen molar-refractivity contribution in [1.82, 2.24) is 4.98 Å². The van der Waals surface area contributed by atoms with E-state index in [4.69, 9.17) is 13.8 Å². The number of hydrogen-bond donors (Lipinski definition) is 0. The van der Waals surface area contributed by atoms with Gasteiger partial charge < -0.3 is 13.7 Å². The Morgan fingerprint density at radius 3 is 1.90 bits per heavy atom. The van der Waals surface area contributed by atoms with Crippen molar-refractivity contribution in [2.75, 3.05) is 4.90 Å². The van der Waals surface area contributed by atoms with E-state index in [1.54, 1.807) is 0 Å². The minimum atomic E-state index is 0.575. The van der Waals surface area contributed by atoms with Crippen LogP contribution in [0.2, 0.25) is 0 Å². The molecular weight excluding hydrogens is 601 g/mol. The second-order valence-corrected chi connectivity index (χ2v) is 12.3. The molecule has 0 N–H and O–H groups in total. The summed E-state index contributed by atoms with van der Waals surface area (Å²) in [6.45, 7) is 0. The zero-order valence-electron chi connectivity index (χ0n) is 26.4. The number of benzene rings is 8. The minimum Gasteiger partial charge on any atom is -0.456 e. The van der Waals surface area contributed by atoms with Gasteiger partial charge in [0.2, 0.25) is 5.89 Å². The van der Waals surface area contributed by atoms with Crippen LogP contribution in [-0.4, -0.2) is 4.98 Å². The summed E-state index contributed by atoms with van der Waals surface area (Å²) in [5.74, 6) is 0.575. The lowest BCUT2D eigenvalue weighted by molar-refractivity contribution is 0.623. The lowest BCUT2D eigenvalue weighted by Gasteiger charge is -2.27. The first kappa shape index (κ1) is 27.5. The molecule has 0 spiro atoms. The third-order valence-corrected chi connectivity index (χ3v) is 9.48. The first-order valence-corrected chi connectivity index (χ1v) is 16.5. The molecule has 10 rings (SSSR count). The summed E-state index contributed by atoms with van der Waals surface area (Å²) in [5, 5.41) is 6.60. The highest BCUT2D eigenvalue weighted by Crippen LogP contribution is 2.45. The van der Waals surface area contributed by atoms with E-state index in [2.05, 4.69) is 157 Å². The van der Waals surface area contributed by atoms with Crippen molar-refractivity contribution < 1.29 is 8.83 Å². The second-order valence-electron chi connectivity index (χ2n) is 12.3. The fourth-order valence-corrected chi connectivity index (χ4v) is 7.23. The first-order valence-electron chi connectivity index (χ1n) is 16.5. The normalized spacial score (nSPS) is 11.7. The number of nitrogens with zero attached hydrogens (tertiary/aromatic N) is 2. The first-order chi connectivity index (χ1) is 24.3. The van der Waals surface area contributed by atoms with Gasteiger partial charge in [0.05, 0.1) is 11.3 Å². The van der Waals surface area contributed by atoms with E-state index in [0.717, 1.165) is 82.9 Å². The zero-order valence-corrected chi connectivity index (χ0v) is 26.4. The van der Waals surface area contributed by atoms with Crippen LogP contribution >= 0.6 is 0 Å².